The van der Waals surface area contributed by atoms with Crippen LogP contribution in [0.3, 0.4) is 0 Å². The first-order valence-electron chi connectivity index (χ1n) is 12.1. The minimum atomic E-state index is -0.305. The third-order valence-corrected chi connectivity index (χ3v) is 6.22. The highest BCUT2D eigenvalue weighted by atomic mass is 35.5. The number of nitrogens with one attached hydrogen (secondary N) is 1. The first kappa shape index (κ1) is 25.1. The van der Waals surface area contributed by atoms with E-state index < -0.39 is 0 Å². The Balaban J connectivity index is 1.10. The molecule has 0 heterocycles. The van der Waals surface area contributed by atoms with Crippen LogP contribution in [0.4, 0.5) is 0 Å². The molecule has 38 heavy (non-hydrogen) atoms. The Labute approximate surface area is 226 Å². The highest BCUT2D eigenvalue weighted by Crippen LogP contribution is 2.21. The maximum Gasteiger partial charge on any atom is 0.271 e. The summed E-state index contributed by atoms with van der Waals surface area (Å²) in [5.74, 6) is 1.13. The van der Waals surface area contributed by atoms with Crippen LogP contribution in [-0.2, 0) is 13.2 Å². The Morgan fingerprint density at radius 2 is 1.39 bits per heavy atom. The zero-order valence-corrected chi connectivity index (χ0v) is 21.3. The maximum absolute atomic E-state index is 12.4. The quantitative estimate of drug-likeness (QED) is 0.162. The highest BCUT2D eigenvalue weighted by molar-refractivity contribution is 6.30. The zero-order chi connectivity index (χ0) is 26.2. The van der Waals surface area contributed by atoms with Gasteiger partial charge in [-0.15, -0.1) is 0 Å². The van der Waals surface area contributed by atoms with Crippen molar-refractivity contribution in [1.82, 2.24) is 5.43 Å². The molecule has 0 saturated heterocycles. The second kappa shape index (κ2) is 12.1. The number of nitrogens with zero attached hydrogens (tertiary/aromatic N) is 1. The number of carbonyl (C=O) groups excluding carboxylic acids is 1. The molecule has 0 aromatic heterocycles. The molecule has 5 nitrogen and oxygen atoms in total. The van der Waals surface area contributed by atoms with Gasteiger partial charge in [0.1, 0.15) is 24.7 Å². The SMILES string of the molecule is O=C(N/N=C\c1ccc(OCc2cccc3ccccc23)cc1)c1ccc(OCc2ccc(Cl)cc2)cc1. The van der Waals surface area contributed by atoms with Crippen LogP contribution in [0.1, 0.15) is 27.0 Å². The number of carbonyl (C=O) groups is 1. The molecular weight excluding hydrogens is 496 g/mol. The number of hydrogen-bond acceptors (Lipinski definition) is 4. The normalized spacial score (nSPS) is 11.0. The third kappa shape index (κ3) is 6.58. The van der Waals surface area contributed by atoms with Crippen LogP contribution >= 0.6 is 11.6 Å². The largest absolute Gasteiger partial charge is 0.489 e. The summed E-state index contributed by atoms with van der Waals surface area (Å²) in [6, 6.07) is 36.4. The van der Waals surface area contributed by atoms with Crippen LogP contribution in [0.2, 0.25) is 5.02 Å². The second-order valence-corrected chi connectivity index (χ2v) is 9.07. The van der Waals surface area contributed by atoms with Crippen molar-refractivity contribution in [2.45, 2.75) is 13.2 Å². The first-order chi connectivity index (χ1) is 18.6. The van der Waals surface area contributed by atoms with Crippen LogP contribution in [0.25, 0.3) is 10.8 Å². The van der Waals surface area contributed by atoms with E-state index in [1.54, 1.807) is 30.5 Å². The fourth-order valence-corrected chi connectivity index (χ4v) is 4.04. The predicted octanol–water partition coefficient (Wildman–Crippen LogP) is 7.42. The Hall–Kier alpha value is -4.61. The summed E-state index contributed by atoms with van der Waals surface area (Å²) < 4.78 is 11.7. The minimum absolute atomic E-state index is 0.305. The molecule has 0 spiro atoms. The van der Waals surface area contributed by atoms with E-state index in [9.17, 15) is 4.79 Å². The predicted molar refractivity (Wildman–Crippen MR) is 152 cm³/mol. The molecule has 5 rings (SSSR count). The number of fused-ring (bicyclic) bond motifs is 1. The molecule has 5 aromatic rings. The summed E-state index contributed by atoms with van der Waals surface area (Å²) in [4.78, 5) is 12.4. The Morgan fingerprint density at radius 3 is 2.16 bits per heavy atom. The number of amides is 1. The molecule has 0 saturated carbocycles. The maximum atomic E-state index is 12.4. The highest BCUT2D eigenvalue weighted by Gasteiger charge is 2.05. The fourth-order valence-electron chi connectivity index (χ4n) is 3.91. The monoisotopic (exact) mass is 520 g/mol. The van der Waals surface area contributed by atoms with Gasteiger partial charge in [0, 0.05) is 10.6 Å². The molecule has 5 aromatic carbocycles. The smallest absolute Gasteiger partial charge is 0.271 e. The lowest BCUT2D eigenvalue weighted by molar-refractivity contribution is 0.0955. The average molecular weight is 521 g/mol. The van der Waals surface area contributed by atoms with Crippen molar-refractivity contribution in [2.75, 3.05) is 0 Å². The average Bonchev–Trinajstić information content (AvgIpc) is 2.96. The van der Waals surface area contributed by atoms with Gasteiger partial charge in [0.25, 0.3) is 5.91 Å². The lowest BCUT2D eigenvalue weighted by atomic mass is 10.1. The van der Waals surface area contributed by atoms with E-state index in [1.807, 2.05) is 66.7 Å². The molecule has 0 aliphatic carbocycles. The molecule has 0 fully saturated rings. The Morgan fingerprint density at radius 1 is 0.737 bits per heavy atom. The topological polar surface area (TPSA) is 59.9 Å². The number of rotatable bonds is 9. The molecule has 0 atom stereocenters. The molecule has 0 radical (unpaired) electrons. The number of hydrazone groups is 1. The number of hydrogen-bond donors (Lipinski definition) is 1. The van der Waals surface area contributed by atoms with Gasteiger partial charge in [-0.2, -0.15) is 5.10 Å². The van der Waals surface area contributed by atoms with E-state index in [4.69, 9.17) is 21.1 Å². The van der Waals surface area contributed by atoms with Gasteiger partial charge in [-0.3, -0.25) is 4.79 Å². The molecule has 1 N–H and O–H groups in total. The van der Waals surface area contributed by atoms with Crippen LogP contribution in [0.15, 0.2) is 120 Å². The van der Waals surface area contributed by atoms with Crippen molar-refractivity contribution in [2.24, 2.45) is 5.10 Å². The van der Waals surface area contributed by atoms with Crippen molar-refractivity contribution in [1.29, 1.82) is 0 Å². The zero-order valence-electron chi connectivity index (χ0n) is 20.5. The van der Waals surface area contributed by atoms with Crippen molar-refractivity contribution < 1.29 is 14.3 Å². The first-order valence-corrected chi connectivity index (χ1v) is 12.5. The van der Waals surface area contributed by atoms with E-state index >= 15 is 0 Å². The second-order valence-electron chi connectivity index (χ2n) is 8.63. The van der Waals surface area contributed by atoms with Gasteiger partial charge in [-0.05, 0) is 88.1 Å². The molecule has 0 bridgehead atoms. The molecule has 188 valence electrons. The lowest BCUT2D eigenvalue weighted by Crippen LogP contribution is -2.17. The van der Waals surface area contributed by atoms with Crippen molar-refractivity contribution in [3.05, 3.63) is 143 Å². The molecule has 0 aliphatic heterocycles. The van der Waals surface area contributed by atoms with Crippen LogP contribution in [0.5, 0.6) is 11.5 Å². The van der Waals surface area contributed by atoms with Crippen LogP contribution in [-0.4, -0.2) is 12.1 Å². The summed E-state index contributed by atoms with van der Waals surface area (Å²) in [6.07, 6.45) is 1.59. The lowest BCUT2D eigenvalue weighted by Gasteiger charge is -2.09. The van der Waals surface area contributed by atoms with Gasteiger partial charge < -0.3 is 9.47 Å². The van der Waals surface area contributed by atoms with E-state index in [0.29, 0.717) is 29.5 Å². The van der Waals surface area contributed by atoms with Gasteiger partial charge >= 0.3 is 0 Å². The summed E-state index contributed by atoms with van der Waals surface area (Å²) >= 11 is 5.91. The molecule has 6 heteroatoms. The minimum Gasteiger partial charge on any atom is -0.489 e. The van der Waals surface area contributed by atoms with Crippen molar-refractivity contribution >= 4 is 34.5 Å². The van der Waals surface area contributed by atoms with Crippen molar-refractivity contribution in [3.8, 4) is 11.5 Å². The third-order valence-electron chi connectivity index (χ3n) is 5.97. The van der Waals surface area contributed by atoms with Gasteiger partial charge in [-0.25, -0.2) is 5.43 Å². The van der Waals surface area contributed by atoms with Gasteiger partial charge in [0.2, 0.25) is 0 Å². The molecule has 1 amide bonds. The molecule has 0 unspecified atom stereocenters. The summed E-state index contributed by atoms with van der Waals surface area (Å²) in [5, 5.41) is 7.14. The Bertz CT molecular complexity index is 1540. The summed E-state index contributed by atoms with van der Waals surface area (Å²) in [6.45, 7) is 0.899. The molecule has 0 aliphatic rings. The van der Waals surface area contributed by atoms with Crippen LogP contribution in [0, 0.1) is 0 Å². The number of benzene rings is 5. The van der Waals surface area contributed by atoms with E-state index in [0.717, 1.165) is 22.4 Å². The Kier molecular flexibility index (Phi) is 7.97. The molecular formula is C32H25ClN2O3. The fraction of sp³-hybridized carbons (Fsp3) is 0.0625. The number of halogens is 1. The van der Waals surface area contributed by atoms with Gasteiger partial charge in [0.15, 0.2) is 0 Å². The number of ether oxygens (including phenoxy) is 2. The summed E-state index contributed by atoms with van der Waals surface area (Å²) in [5.41, 5.74) is 6.03. The standard InChI is InChI=1S/C32H25ClN2O3/c33-28-14-8-24(9-15-28)21-37-30-18-12-26(13-19-30)32(36)35-34-20-23-10-16-29(17-11-23)38-22-27-6-3-5-25-4-1-2-7-31(25)27/h1-20H,21-22H2,(H,35,36)/b34-20-. The van der Waals surface area contributed by atoms with Crippen LogP contribution < -0.4 is 14.9 Å². The van der Waals surface area contributed by atoms with Gasteiger partial charge in [-0.1, -0.05) is 66.2 Å². The van der Waals surface area contributed by atoms with E-state index in [2.05, 4.69) is 34.8 Å². The van der Waals surface area contributed by atoms with Gasteiger partial charge in [0.05, 0.1) is 6.21 Å². The van der Waals surface area contributed by atoms with E-state index in [-0.39, 0.29) is 5.91 Å². The van der Waals surface area contributed by atoms with E-state index in [1.165, 1.54) is 10.8 Å². The van der Waals surface area contributed by atoms with Crippen molar-refractivity contribution in [3.63, 3.8) is 0 Å². The summed E-state index contributed by atoms with van der Waals surface area (Å²) in [7, 11) is 0.